The lowest BCUT2D eigenvalue weighted by atomic mass is 10.2. The van der Waals surface area contributed by atoms with Gasteiger partial charge in [-0.05, 0) is 63.2 Å². The summed E-state index contributed by atoms with van der Waals surface area (Å²) in [5.74, 6) is 1.65. The van der Waals surface area contributed by atoms with Crippen LogP contribution in [0.15, 0.2) is 54.6 Å². The molecule has 4 aromatic rings. The number of aromatic nitrogens is 3. The predicted octanol–water partition coefficient (Wildman–Crippen LogP) is 4.68. The highest BCUT2D eigenvalue weighted by atomic mass is 15.1. The fourth-order valence-corrected chi connectivity index (χ4v) is 4.04. The largest absolute Gasteiger partial charge is 0.369 e. The lowest BCUT2D eigenvalue weighted by molar-refractivity contribution is 0.337. The number of rotatable bonds is 6. The molecule has 5 rings (SSSR count). The average molecular weight is 371 g/mol. The van der Waals surface area contributed by atoms with Crippen LogP contribution in [0.1, 0.15) is 19.3 Å². The minimum Gasteiger partial charge on any atom is -0.369 e. The molecule has 0 atom stereocenters. The normalized spacial score (nSPS) is 14.9. The summed E-state index contributed by atoms with van der Waals surface area (Å²) in [7, 11) is 0. The van der Waals surface area contributed by atoms with Gasteiger partial charge in [0.05, 0.1) is 11.2 Å². The van der Waals surface area contributed by atoms with Crippen molar-refractivity contribution in [3.63, 3.8) is 0 Å². The molecule has 5 nitrogen and oxygen atoms in total. The van der Waals surface area contributed by atoms with Crippen molar-refractivity contribution in [2.24, 2.45) is 0 Å². The summed E-state index contributed by atoms with van der Waals surface area (Å²) in [6.45, 7) is 4.58. The van der Waals surface area contributed by atoms with Gasteiger partial charge in [0.1, 0.15) is 5.82 Å². The van der Waals surface area contributed by atoms with Crippen molar-refractivity contribution in [3.8, 4) is 11.5 Å². The second kappa shape index (κ2) is 7.60. The van der Waals surface area contributed by atoms with Crippen molar-refractivity contribution in [1.82, 2.24) is 19.9 Å². The SMILES string of the molecule is c1ccc2[nH]c(-c3nc(NCCCN4CCCC4)c4ccccc4n3)cc2c1. The zero-order valence-electron chi connectivity index (χ0n) is 16.0. The van der Waals surface area contributed by atoms with E-state index >= 15 is 0 Å². The average Bonchev–Trinajstić information content (AvgIpc) is 3.40. The van der Waals surface area contributed by atoms with Crippen LogP contribution in [0, 0.1) is 0 Å². The van der Waals surface area contributed by atoms with E-state index in [1.54, 1.807) is 0 Å². The van der Waals surface area contributed by atoms with E-state index in [1.807, 2.05) is 18.2 Å². The molecule has 5 heteroatoms. The maximum atomic E-state index is 4.87. The van der Waals surface area contributed by atoms with Crippen LogP contribution in [0.5, 0.6) is 0 Å². The lowest BCUT2D eigenvalue weighted by Gasteiger charge is -2.15. The van der Waals surface area contributed by atoms with Gasteiger partial charge in [-0.2, -0.15) is 0 Å². The molecule has 0 amide bonds. The highest BCUT2D eigenvalue weighted by Crippen LogP contribution is 2.26. The molecular formula is C23H25N5. The topological polar surface area (TPSA) is 56.8 Å². The van der Waals surface area contributed by atoms with E-state index in [2.05, 4.69) is 51.6 Å². The van der Waals surface area contributed by atoms with Gasteiger partial charge in [0, 0.05) is 22.8 Å². The number of hydrogen-bond acceptors (Lipinski definition) is 4. The third-order valence-corrected chi connectivity index (χ3v) is 5.52. The maximum absolute atomic E-state index is 4.87. The number of H-pyrrole nitrogens is 1. The number of nitrogens with zero attached hydrogens (tertiary/aromatic N) is 3. The van der Waals surface area contributed by atoms with E-state index in [0.717, 1.165) is 53.3 Å². The Hall–Kier alpha value is -2.92. The summed E-state index contributed by atoms with van der Waals surface area (Å²) < 4.78 is 0. The first-order chi connectivity index (χ1) is 13.9. The Bertz CT molecular complexity index is 1060. The molecular weight excluding hydrogens is 346 g/mol. The van der Waals surface area contributed by atoms with Gasteiger partial charge in [-0.15, -0.1) is 0 Å². The molecule has 0 spiro atoms. The minimum absolute atomic E-state index is 0.733. The Labute approximate surface area is 164 Å². The summed E-state index contributed by atoms with van der Waals surface area (Å²) in [4.78, 5) is 15.7. The number of para-hydroxylation sites is 2. The Morgan fingerprint density at radius 2 is 1.79 bits per heavy atom. The van der Waals surface area contributed by atoms with Crippen LogP contribution < -0.4 is 5.32 Å². The Kier molecular flexibility index (Phi) is 4.67. The van der Waals surface area contributed by atoms with E-state index in [-0.39, 0.29) is 0 Å². The number of fused-ring (bicyclic) bond motifs is 2. The molecule has 0 unspecified atom stereocenters. The summed E-state index contributed by atoms with van der Waals surface area (Å²) in [6, 6.07) is 18.6. The third-order valence-electron chi connectivity index (χ3n) is 5.52. The molecule has 1 aliphatic heterocycles. The molecule has 28 heavy (non-hydrogen) atoms. The number of benzene rings is 2. The minimum atomic E-state index is 0.733. The molecule has 1 saturated heterocycles. The fraction of sp³-hybridized carbons (Fsp3) is 0.304. The lowest BCUT2D eigenvalue weighted by Crippen LogP contribution is -2.22. The number of hydrogen-bond donors (Lipinski definition) is 2. The second-order valence-electron chi connectivity index (χ2n) is 7.51. The molecule has 0 bridgehead atoms. The second-order valence-corrected chi connectivity index (χ2v) is 7.51. The van der Waals surface area contributed by atoms with Crippen molar-refractivity contribution >= 4 is 27.6 Å². The molecule has 2 aromatic carbocycles. The molecule has 1 aliphatic rings. The molecule has 2 N–H and O–H groups in total. The Balaban J connectivity index is 1.42. The van der Waals surface area contributed by atoms with Gasteiger partial charge < -0.3 is 15.2 Å². The van der Waals surface area contributed by atoms with Crippen molar-refractivity contribution in [2.75, 3.05) is 31.5 Å². The molecule has 0 radical (unpaired) electrons. The van der Waals surface area contributed by atoms with E-state index in [1.165, 1.54) is 31.3 Å². The van der Waals surface area contributed by atoms with Gasteiger partial charge in [-0.25, -0.2) is 9.97 Å². The van der Waals surface area contributed by atoms with Gasteiger partial charge in [-0.3, -0.25) is 0 Å². The van der Waals surface area contributed by atoms with Gasteiger partial charge in [0.25, 0.3) is 0 Å². The van der Waals surface area contributed by atoms with Gasteiger partial charge in [0.15, 0.2) is 5.82 Å². The number of likely N-dealkylation sites (tertiary alicyclic amines) is 1. The molecule has 142 valence electrons. The van der Waals surface area contributed by atoms with Crippen LogP contribution in [0.25, 0.3) is 33.3 Å². The molecule has 3 heterocycles. The van der Waals surface area contributed by atoms with Crippen LogP contribution in [0.3, 0.4) is 0 Å². The molecule has 2 aromatic heterocycles. The number of nitrogens with one attached hydrogen (secondary N) is 2. The third kappa shape index (κ3) is 3.45. The Morgan fingerprint density at radius 3 is 2.68 bits per heavy atom. The highest BCUT2D eigenvalue weighted by Gasteiger charge is 2.13. The van der Waals surface area contributed by atoms with Crippen LogP contribution in [0.2, 0.25) is 0 Å². The van der Waals surface area contributed by atoms with Crippen LogP contribution >= 0.6 is 0 Å². The zero-order chi connectivity index (χ0) is 18.8. The van der Waals surface area contributed by atoms with Crippen molar-refractivity contribution in [3.05, 3.63) is 54.6 Å². The first-order valence-electron chi connectivity index (χ1n) is 10.2. The fourth-order valence-electron chi connectivity index (χ4n) is 4.04. The Morgan fingerprint density at radius 1 is 0.964 bits per heavy atom. The summed E-state index contributed by atoms with van der Waals surface area (Å²) in [6.07, 6.45) is 3.82. The smallest absolute Gasteiger partial charge is 0.178 e. The van der Waals surface area contributed by atoms with Crippen molar-refractivity contribution in [2.45, 2.75) is 19.3 Å². The quantitative estimate of drug-likeness (QED) is 0.483. The first kappa shape index (κ1) is 17.2. The van der Waals surface area contributed by atoms with Gasteiger partial charge in [0.2, 0.25) is 0 Å². The zero-order valence-corrected chi connectivity index (χ0v) is 16.0. The number of aromatic amines is 1. The van der Waals surface area contributed by atoms with E-state index in [4.69, 9.17) is 9.97 Å². The monoisotopic (exact) mass is 371 g/mol. The van der Waals surface area contributed by atoms with Crippen LogP contribution in [-0.4, -0.2) is 46.0 Å². The molecule has 0 aliphatic carbocycles. The summed E-state index contributed by atoms with van der Waals surface area (Å²) in [5, 5.41) is 5.81. The van der Waals surface area contributed by atoms with E-state index < -0.39 is 0 Å². The first-order valence-corrected chi connectivity index (χ1v) is 10.2. The van der Waals surface area contributed by atoms with Crippen molar-refractivity contribution in [1.29, 1.82) is 0 Å². The van der Waals surface area contributed by atoms with Crippen LogP contribution in [-0.2, 0) is 0 Å². The van der Waals surface area contributed by atoms with Gasteiger partial charge >= 0.3 is 0 Å². The predicted molar refractivity (Wildman–Crippen MR) is 116 cm³/mol. The van der Waals surface area contributed by atoms with E-state index in [9.17, 15) is 0 Å². The number of anilines is 1. The van der Waals surface area contributed by atoms with Gasteiger partial charge in [-0.1, -0.05) is 30.3 Å². The highest BCUT2D eigenvalue weighted by molar-refractivity contribution is 5.91. The summed E-state index contributed by atoms with van der Waals surface area (Å²) >= 11 is 0. The maximum Gasteiger partial charge on any atom is 0.178 e. The standard InChI is InChI=1S/C23H25N5/c1-3-10-19-17(8-1)16-21(25-19)23-26-20-11-4-2-9-18(20)22(27-23)24-12-7-15-28-13-5-6-14-28/h1-4,8-11,16,25H,5-7,12-15H2,(H,24,26,27). The molecule has 1 fully saturated rings. The molecule has 0 saturated carbocycles. The summed E-state index contributed by atoms with van der Waals surface area (Å²) in [5.41, 5.74) is 3.02. The van der Waals surface area contributed by atoms with Crippen molar-refractivity contribution < 1.29 is 0 Å². The van der Waals surface area contributed by atoms with E-state index in [0.29, 0.717) is 0 Å². The van der Waals surface area contributed by atoms with Crippen LogP contribution in [0.4, 0.5) is 5.82 Å².